The maximum atomic E-state index is 4.62. The van der Waals surface area contributed by atoms with Gasteiger partial charge in [0.1, 0.15) is 0 Å². The van der Waals surface area contributed by atoms with Crippen molar-refractivity contribution in [3.8, 4) is 0 Å². The van der Waals surface area contributed by atoms with Gasteiger partial charge in [-0.15, -0.1) is 0 Å². The van der Waals surface area contributed by atoms with E-state index in [1.807, 2.05) is 6.20 Å². The molecule has 1 aliphatic rings. The molecule has 1 aliphatic carbocycles. The quantitative estimate of drug-likeness (QED) is 0.897. The van der Waals surface area contributed by atoms with Crippen LogP contribution in [0.25, 0.3) is 0 Å². The van der Waals surface area contributed by atoms with E-state index < -0.39 is 0 Å². The van der Waals surface area contributed by atoms with Crippen LogP contribution in [0.2, 0.25) is 0 Å². The van der Waals surface area contributed by atoms with Crippen LogP contribution in [0.5, 0.6) is 0 Å². The number of nitrogens with one attached hydrogen (secondary N) is 1. The average molecular weight is 266 g/mol. The van der Waals surface area contributed by atoms with Gasteiger partial charge in [0.2, 0.25) is 0 Å². The topological polar surface area (TPSA) is 24.9 Å². The molecule has 1 aromatic carbocycles. The number of hydrogen-bond acceptors (Lipinski definition) is 2. The fourth-order valence-corrected chi connectivity index (χ4v) is 3.15. The molecule has 0 saturated carbocycles. The maximum Gasteiger partial charge on any atom is 0.0605 e. The van der Waals surface area contributed by atoms with E-state index in [0.717, 1.165) is 6.42 Å². The van der Waals surface area contributed by atoms with E-state index in [9.17, 15) is 0 Å². The van der Waals surface area contributed by atoms with Crippen LogP contribution < -0.4 is 5.32 Å². The van der Waals surface area contributed by atoms with Crippen LogP contribution in [0, 0.1) is 0 Å². The van der Waals surface area contributed by atoms with E-state index >= 15 is 0 Å². The Hall–Kier alpha value is -1.67. The molecule has 2 nitrogen and oxygen atoms in total. The molecular weight excluding hydrogens is 244 g/mol. The molecule has 1 aromatic heterocycles. The summed E-state index contributed by atoms with van der Waals surface area (Å²) in [6.45, 7) is 2.24. The minimum Gasteiger partial charge on any atom is -0.302 e. The van der Waals surface area contributed by atoms with E-state index in [1.165, 1.54) is 36.1 Å². The van der Waals surface area contributed by atoms with E-state index in [-0.39, 0.29) is 0 Å². The summed E-state index contributed by atoms with van der Waals surface area (Å²) < 4.78 is 0. The minimum absolute atomic E-state index is 0.394. The van der Waals surface area contributed by atoms with Crippen molar-refractivity contribution in [1.82, 2.24) is 10.3 Å². The van der Waals surface area contributed by atoms with Gasteiger partial charge in [0.15, 0.2) is 0 Å². The first kappa shape index (κ1) is 13.3. The first-order valence-corrected chi connectivity index (χ1v) is 7.63. The number of aryl methyl sites for hydroxylation is 1. The van der Waals surface area contributed by atoms with Crippen molar-refractivity contribution in [2.75, 3.05) is 0 Å². The summed E-state index contributed by atoms with van der Waals surface area (Å²) in [5.74, 6) is 0. The second-order valence-electron chi connectivity index (χ2n) is 5.53. The zero-order valence-electron chi connectivity index (χ0n) is 12.0. The molecule has 3 rings (SSSR count). The summed E-state index contributed by atoms with van der Waals surface area (Å²) in [5, 5.41) is 3.82. The molecule has 0 spiro atoms. The number of benzene rings is 1. The van der Waals surface area contributed by atoms with Crippen LogP contribution in [0.4, 0.5) is 0 Å². The highest BCUT2D eigenvalue weighted by Crippen LogP contribution is 2.30. The van der Waals surface area contributed by atoms with Crippen molar-refractivity contribution < 1.29 is 0 Å². The van der Waals surface area contributed by atoms with E-state index in [0.29, 0.717) is 12.1 Å². The van der Waals surface area contributed by atoms with Crippen LogP contribution in [0.1, 0.15) is 55.1 Å². The maximum absolute atomic E-state index is 4.62. The fraction of sp³-hybridized carbons (Fsp3) is 0.389. The Morgan fingerprint density at radius 2 is 2.05 bits per heavy atom. The number of hydrogen-bond donors (Lipinski definition) is 1. The molecule has 1 N–H and O–H groups in total. The van der Waals surface area contributed by atoms with Crippen molar-refractivity contribution >= 4 is 0 Å². The predicted octanol–water partition coefficient (Wildman–Crippen LogP) is 4.20. The van der Waals surface area contributed by atoms with Gasteiger partial charge in [0, 0.05) is 12.2 Å². The highest BCUT2D eigenvalue weighted by atomic mass is 15.0. The zero-order valence-corrected chi connectivity index (χ0v) is 12.0. The number of pyridine rings is 1. The van der Waals surface area contributed by atoms with Gasteiger partial charge >= 0.3 is 0 Å². The van der Waals surface area contributed by atoms with Crippen LogP contribution in [0.3, 0.4) is 0 Å². The van der Waals surface area contributed by atoms with Crippen LogP contribution in [-0.4, -0.2) is 4.98 Å². The fourth-order valence-electron chi connectivity index (χ4n) is 3.15. The molecule has 20 heavy (non-hydrogen) atoms. The smallest absolute Gasteiger partial charge is 0.0605 e. The van der Waals surface area contributed by atoms with Crippen LogP contribution in [0.15, 0.2) is 48.7 Å². The highest BCUT2D eigenvalue weighted by molar-refractivity contribution is 5.26. The number of rotatable bonds is 4. The first-order valence-electron chi connectivity index (χ1n) is 7.63. The standard InChI is InChI=1S/C18H22N2/c1-2-16(14-8-4-3-5-9-14)20-17-12-6-10-15-11-7-13-19-18(15)17/h3-5,7-9,11,13,16-17,20H,2,6,10,12H2,1H3. The third-order valence-electron chi connectivity index (χ3n) is 4.21. The van der Waals surface area contributed by atoms with Crippen molar-refractivity contribution in [2.45, 2.75) is 44.7 Å². The monoisotopic (exact) mass is 266 g/mol. The molecule has 2 heteroatoms. The predicted molar refractivity (Wildman–Crippen MR) is 82.5 cm³/mol. The molecule has 1 heterocycles. The molecule has 0 aliphatic heterocycles. The molecule has 2 unspecified atom stereocenters. The highest BCUT2D eigenvalue weighted by Gasteiger charge is 2.23. The first-order chi connectivity index (χ1) is 9.88. The van der Waals surface area contributed by atoms with Crippen molar-refractivity contribution in [1.29, 1.82) is 0 Å². The van der Waals surface area contributed by atoms with Crippen molar-refractivity contribution in [3.63, 3.8) is 0 Å². The van der Waals surface area contributed by atoms with Gasteiger partial charge in [-0.2, -0.15) is 0 Å². The Balaban J connectivity index is 1.81. The lowest BCUT2D eigenvalue weighted by molar-refractivity contribution is 0.385. The van der Waals surface area contributed by atoms with Gasteiger partial charge in [-0.1, -0.05) is 43.3 Å². The Morgan fingerprint density at radius 1 is 1.20 bits per heavy atom. The summed E-state index contributed by atoms with van der Waals surface area (Å²) in [7, 11) is 0. The Kier molecular flexibility index (Phi) is 4.12. The van der Waals surface area contributed by atoms with Gasteiger partial charge in [0.05, 0.1) is 11.7 Å². The molecule has 0 saturated heterocycles. The third-order valence-corrected chi connectivity index (χ3v) is 4.21. The molecule has 2 aromatic rings. The summed E-state index contributed by atoms with van der Waals surface area (Å²) in [6.07, 6.45) is 6.63. The van der Waals surface area contributed by atoms with Crippen molar-refractivity contribution in [2.24, 2.45) is 0 Å². The minimum atomic E-state index is 0.394. The summed E-state index contributed by atoms with van der Waals surface area (Å²) in [5.41, 5.74) is 4.05. The normalized spacial score (nSPS) is 19.4. The van der Waals surface area contributed by atoms with Gasteiger partial charge in [-0.25, -0.2) is 0 Å². The van der Waals surface area contributed by atoms with E-state index in [4.69, 9.17) is 0 Å². The second-order valence-corrected chi connectivity index (χ2v) is 5.53. The lowest BCUT2D eigenvalue weighted by Crippen LogP contribution is -2.29. The third kappa shape index (κ3) is 2.75. The summed E-state index contributed by atoms with van der Waals surface area (Å²) in [4.78, 5) is 4.62. The lowest BCUT2D eigenvalue weighted by atomic mass is 9.90. The molecule has 0 radical (unpaired) electrons. The molecule has 104 valence electrons. The zero-order chi connectivity index (χ0) is 13.8. The SMILES string of the molecule is CCC(NC1CCCc2cccnc21)c1ccccc1. The lowest BCUT2D eigenvalue weighted by Gasteiger charge is -2.29. The molecule has 0 amide bonds. The van der Waals surface area contributed by atoms with E-state index in [2.05, 4.69) is 59.7 Å². The van der Waals surface area contributed by atoms with Crippen LogP contribution >= 0.6 is 0 Å². The summed E-state index contributed by atoms with van der Waals surface area (Å²) >= 11 is 0. The van der Waals surface area contributed by atoms with Gasteiger partial charge in [-0.3, -0.25) is 4.98 Å². The molecule has 0 bridgehead atoms. The van der Waals surface area contributed by atoms with Gasteiger partial charge in [0.25, 0.3) is 0 Å². The van der Waals surface area contributed by atoms with Crippen LogP contribution in [-0.2, 0) is 6.42 Å². The molecule has 0 fully saturated rings. The Bertz CT molecular complexity index is 550. The number of aromatic nitrogens is 1. The average Bonchev–Trinajstić information content (AvgIpc) is 2.53. The Morgan fingerprint density at radius 3 is 2.85 bits per heavy atom. The van der Waals surface area contributed by atoms with Crippen molar-refractivity contribution in [3.05, 3.63) is 65.5 Å². The largest absolute Gasteiger partial charge is 0.302 e. The van der Waals surface area contributed by atoms with Gasteiger partial charge in [-0.05, 0) is 42.9 Å². The Labute approximate surface area is 121 Å². The summed E-state index contributed by atoms with van der Waals surface area (Å²) in [6, 6.07) is 15.8. The second kappa shape index (κ2) is 6.19. The number of nitrogens with zero attached hydrogens (tertiary/aromatic N) is 1. The number of fused-ring (bicyclic) bond motifs is 1. The molecule has 2 atom stereocenters. The van der Waals surface area contributed by atoms with E-state index in [1.54, 1.807) is 0 Å². The molecular formula is C18H22N2. The van der Waals surface area contributed by atoms with Gasteiger partial charge < -0.3 is 5.32 Å².